The van der Waals surface area contributed by atoms with Crippen LogP contribution in [0.5, 0.6) is 5.75 Å². The maximum atomic E-state index is 12.8. The van der Waals surface area contributed by atoms with Crippen LogP contribution in [0.3, 0.4) is 0 Å². The summed E-state index contributed by atoms with van der Waals surface area (Å²) < 4.78 is 71.0. The molecule has 1 aromatic rings. The van der Waals surface area contributed by atoms with Crippen molar-refractivity contribution in [2.75, 3.05) is 7.04 Å². The van der Waals surface area contributed by atoms with E-state index in [4.69, 9.17) is 8.22 Å². The molecule has 0 saturated heterocycles. The fourth-order valence-corrected chi connectivity index (χ4v) is 0.935. The van der Waals surface area contributed by atoms with Gasteiger partial charge in [-0.05, 0) is 22.0 Å². The molecule has 0 aromatic carbocycles. The topological polar surface area (TPSA) is 22.1 Å². The minimum Gasteiger partial charge on any atom is -0.495 e. The third-order valence-electron chi connectivity index (χ3n) is 0.982. The summed E-state index contributed by atoms with van der Waals surface area (Å²) in [5.74, 6) is -0.755. The smallest absolute Gasteiger partial charge is 0.281 e. The second-order valence-corrected chi connectivity index (χ2v) is 2.50. The molecule has 0 N–H and O–H groups in total. The van der Waals surface area contributed by atoms with E-state index in [-0.39, 0.29) is 0 Å². The highest BCUT2D eigenvalue weighted by atomic mass is 79.9. The maximum absolute atomic E-state index is 12.8. The summed E-state index contributed by atoms with van der Waals surface area (Å²) in [7, 11) is -2.93. The zero-order valence-corrected chi connectivity index (χ0v) is 7.08. The zero-order chi connectivity index (χ0) is 14.3. The summed E-state index contributed by atoms with van der Waals surface area (Å²) in [6.07, 6.45) is -5.05. The number of rotatable bonds is 2. The molecule has 0 saturated carbocycles. The lowest BCUT2D eigenvalue weighted by molar-refractivity contribution is 0.145. The average molecular weight is 244 g/mol. The highest BCUT2D eigenvalue weighted by molar-refractivity contribution is 9.10. The van der Waals surface area contributed by atoms with E-state index in [1.807, 2.05) is 0 Å². The molecule has 0 spiro atoms. The Labute approximate surface area is 85.1 Å². The normalized spacial score (nSPS) is 19.6. The summed E-state index contributed by atoms with van der Waals surface area (Å²) in [6, 6.07) is -0.770. The highest BCUT2D eigenvalue weighted by Crippen LogP contribution is 2.27. The van der Waals surface area contributed by atoms with Crippen molar-refractivity contribution in [2.45, 2.75) is 6.40 Å². The lowest BCUT2D eigenvalue weighted by Gasteiger charge is -2.03. The van der Waals surface area contributed by atoms with Crippen LogP contribution in [0, 0.1) is 0 Å². The second kappa shape index (κ2) is 3.80. The molecule has 0 unspecified atom stereocenters. The number of nitrogens with zero attached hydrogens (tertiary/aromatic N) is 1. The Morgan fingerprint density at radius 2 is 2.67 bits per heavy atom. The van der Waals surface area contributed by atoms with E-state index in [1.165, 1.54) is 0 Å². The van der Waals surface area contributed by atoms with Crippen molar-refractivity contribution in [3.63, 3.8) is 0 Å². The van der Waals surface area contributed by atoms with E-state index in [0.29, 0.717) is 0 Å². The lowest BCUT2D eigenvalue weighted by Crippen LogP contribution is -1.93. The van der Waals surface area contributed by atoms with E-state index in [2.05, 4.69) is 25.7 Å². The molecule has 0 amide bonds. The molecule has 1 aromatic heterocycles. The first-order chi connectivity index (χ1) is 7.93. The number of ether oxygens (including phenoxy) is 1. The van der Waals surface area contributed by atoms with Crippen molar-refractivity contribution in [2.24, 2.45) is 0 Å². The van der Waals surface area contributed by atoms with Crippen LogP contribution in [-0.4, -0.2) is 12.0 Å². The number of hydrogen-bond acceptors (Lipinski definition) is 2. The Bertz CT molecular complexity index is 474. The zero-order valence-electron chi connectivity index (χ0n) is 11.5. The third kappa shape index (κ3) is 1.91. The van der Waals surface area contributed by atoms with Crippen LogP contribution in [0.4, 0.5) is 8.78 Å². The number of halogens is 3. The fraction of sp³-hybridized carbons (Fsp3) is 0.286. The summed E-state index contributed by atoms with van der Waals surface area (Å²) in [6.45, 7) is 0. The SMILES string of the molecule is [2H]c1nc(C([2H])(F)F)c(Br)c([2H])c1OC([2H])([2H])[2H]. The van der Waals surface area contributed by atoms with Gasteiger partial charge in [-0.3, -0.25) is 4.98 Å². The molecule has 0 aliphatic rings. The van der Waals surface area contributed by atoms with Crippen LogP contribution >= 0.6 is 15.9 Å². The van der Waals surface area contributed by atoms with Crippen molar-refractivity contribution >= 4 is 15.9 Å². The molecule has 5 heteroatoms. The first kappa shape index (κ1) is 4.00. The molecule has 1 rings (SSSR count). The predicted octanol–water partition coefficient (Wildman–Crippen LogP) is 2.79. The molecule has 0 fully saturated rings. The molecular formula is C7H6BrF2NO. The Morgan fingerprint density at radius 1 is 1.92 bits per heavy atom. The van der Waals surface area contributed by atoms with E-state index in [0.717, 1.165) is 0 Å². The average Bonchev–Trinajstić information content (AvgIpc) is 2.15. The van der Waals surface area contributed by atoms with Gasteiger partial charge < -0.3 is 4.74 Å². The number of aromatic nitrogens is 1. The van der Waals surface area contributed by atoms with Gasteiger partial charge in [0, 0.05) is 4.47 Å². The quantitative estimate of drug-likeness (QED) is 0.797. The predicted molar refractivity (Wildman–Crippen MR) is 43.4 cm³/mol. The van der Waals surface area contributed by atoms with Gasteiger partial charge in [-0.15, -0.1) is 0 Å². The van der Waals surface area contributed by atoms with Gasteiger partial charge in [0.05, 0.1) is 20.1 Å². The van der Waals surface area contributed by atoms with Gasteiger partial charge in [0.1, 0.15) is 12.8 Å². The van der Waals surface area contributed by atoms with E-state index in [1.54, 1.807) is 0 Å². The number of alkyl halides is 2. The van der Waals surface area contributed by atoms with Crippen molar-refractivity contribution in [1.29, 1.82) is 0 Å². The Hall–Kier alpha value is -0.710. The largest absolute Gasteiger partial charge is 0.495 e. The van der Waals surface area contributed by atoms with Crippen LogP contribution in [0.1, 0.15) is 20.3 Å². The van der Waals surface area contributed by atoms with Gasteiger partial charge in [-0.1, -0.05) is 0 Å². The van der Waals surface area contributed by atoms with Gasteiger partial charge in [0.2, 0.25) is 0 Å². The first-order valence-corrected chi connectivity index (χ1v) is 3.47. The molecular weight excluding hydrogens is 232 g/mol. The van der Waals surface area contributed by atoms with Gasteiger partial charge in [0.25, 0.3) is 6.40 Å². The summed E-state index contributed by atoms with van der Waals surface area (Å²) in [5.41, 5.74) is -1.14. The number of hydrogen-bond donors (Lipinski definition) is 0. The highest BCUT2D eigenvalue weighted by Gasteiger charge is 2.13. The van der Waals surface area contributed by atoms with Gasteiger partial charge >= 0.3 is 0 Å². The number of methoxy groups -OCH3 is 1. The fourth-order valence-electron chi connectivity index (χ4n) is 0.516. The Balaban J connectivity index is 3.39. The van der Waals surface area contributed by atoms with E-state index >= 15 is 0 Å². The minimum absolute atomic E-state index is 0.585. The molecule has 0 aliphatic carbocycles. The molecule has 0 atom stereocenters. The summed E-state index contributed by atoms with van der Waals surface area (Å²) >= 11 is 2.61. The van der Waals surface area contributed by atoms with Crippen LogP contribution < -0.4 is 4.74 Å². The molecule has 0 bridgehead atoms. The summed E-state index contributed by atoms with van der Waals surface area (Å²) in [5, 5.41) is 0. The maximum Gasteiger partial charge on any atom is 0.281 e. The Morgan fingerprint density at radius 3 is 3.25 bits per heavy atom. The van der Waals surface area contributed by atoms with E-state index < -0.39 is 41.6 Å². The first-order valence-electron chi connectivity index (χ1n) is 5.67. The van der Waals surface area contributed by atoms with E-state index in [9.17, 15) is 8.78 Å². The summed E-state index contributed by atoms with van der Waals surface area (Å²) in [4.78, 5) is 3.08. The molecule has 0 aliphatic heterocycles. The van der Waals surface area contributed by atoms with Crippen molar-refractivity contribution in [3.05, 3.63) is 22.4 Å². The van der Waals surface area contributed by atoms with Crippen LogP contribution in [0.25, 0.3) is 0 Å². The van der Waals surface area contributed by atoms with Gasteiger partial charge in [-0.2, -0.15) is 0 Å². The third-order valence-corrected chi connectivity index (χ3v) is 1.56. The monoisotopic (exact) mass is 243 g/mol. The molecule has 2 nitrogen and oxygen atoms in total. The minimum atomic E-state index is -4.11. The van der Waals surface area contributed by atoms with Crippen molar-refractivity contribution in [3.8, 4) is 5.75 Å². The van der Waals surface area contributed by atoms with Crippen LogP contribution in [-0.2, 0) is 0 Å². The second-order valence-electron chi connectivity index (χ2n) is 1.70. The molecule has 66 valence electrons. The van der Waals surface area contributed by atoms with Crippen LogP contribution in [0.2, 0.25) is 0 Å². The Kier molecular flexibility index (Phi) is 1.27. The van der Waals surface area contributed by atoms with Crippen LogP contribution in [0.15, 0.2) is 16.7 Å². The molecule has 1 heterocycles. The van der Waals surface area contributed by atoms with Crippen molar-refractivity contribution < 1.29 is 21.7 Å². The number of pyridine rings is 1. The van der Waals surface area contributed by atoms with Gasteiger partial charge in [0.15, 0.2) is 0 Å². The molecule has 12 heavy (non-hydrogen) atoms. The molecule has 0 radical (unpaired) electrons. The standard InChI is InChI=1S/C7H6BrF2NO/c1-12-4-2-5(8)6(7(9)10)11-3-4/h2-3,7H,1H3/i1D3,2D,3D,7D. The van der Waals surface area contributed by atoms with Gasteiger partial charge in [-0.25, -0.2) is 8.78 Å². The van der Waals surface area contributed by atoms with Crippen molar-refractivity contribution in [1.82, 2.24) is 4.98 Å². The lowest BCUT2D eigenvalue weighted by atomic mass is 10.3.